The van der Waals surface area contributed by atoms with E-state index in [1.54, 1.807) is 0 Å². The number of nitrogens with one attached hydrogen (secondary N) is 1. The van der Waals surface area contributed by atoms with Crippen molar-refractivity contribution in [1.82, 2.24) is 15.0 Å². The summed E-state index contributed by atoms with van der Waals surface area (Å²) in [4.78, 5) is 12.1. The lowest BCUT2D eigenvalue weighted by Gasteiger charge is -2.08. The average molecular weight is 224 g/mol. The van der Waals surface area contributed by atoms with Crippen LogP contribution >= 0.6 is 0 Å². The molecule has 0 saturated heterocycles. The summed E-state index contributed by atoms with van der Waals surface area (Å²) in [6.45, 7) is 4.39. The van der Waals surface area contributed by atoms with Gasteiger partial charge < -0.3 is 14.8 Å². The molecule has 1 aromatic rings. The summed E-state index contributed by atoms with van der Waals surface area (Å²) in [5.41, 5.74) is 0.313. The van der Waals surface area contributed by atoms with Crippen LogP contribution in [-0.2, 0) is 0 Å². The largest absolute Gasteiger partial charge is 0.467 e. The number of nitrogens with zero attached hydrogens (tertiary/aromatic N) is 3. The van der Waals surface area contributed by atoms with E-state index in [0.717, 1.165) is 6.42 Å². The van der Waals surface area contributed by atoms with Gasteiger partial charge in [-0.2, -0.15) is 9.97 Å². The molecular weight excluding hydrogens is 208 g/mol. The van der Waals surface area contributed by atoms with Gasteiger partial charge in [-0.05, 0) is 11.8 Å². The summed E-state index contributed by atoms with van der Waals surface area (Å²) in [5.74, 6) is 0.499. The van der Waals surface area contributed by atoms with E-state index in [1.807, 2.05) is 0 Å². The van der Waals surface area contributed by atoms with E-state index in [0.29, 0.717) is 17.4 Å². The SMILES string of the molecule is COc1nc(NC2CC2(C)C)nc(OC)n1. The summed E-state index contributed by atoms with van der Waals surface area (Å²) in [6.07, 6.45) is 1.11. The third-order valence-corrected chi connectivity index (χ3v) is 2.78. The number of rotatable bonds is 4. The van der Waals surface area contributed by atoms with Gasteiger partial charge in [0, 0.05) is 6.04 Å². The Morgan fingerprint density at radius 2 is 1.62 bits per heavy atom. The van der Waals surface area contributed by atoms with Gasteiger partial charge in [-0.1, -0.05) is 13.8 Å². The molecule has 1 saturated carbocycles. The standard InChI is InChI=1S/C10H16N4O2/c1-10(2)5-6(10)11-7-12-8(15-3)14-9(13-7)16-4/h6H,5H2,1-4H3,(H,11,12,13,14). The quantitative estimate of drug-likeness (QED) is 0.825. The van der Waals surface area contributed by atoms with Gasteiger partial charge >= 0.3 is 12.0 Å². The zero-order valence-electron chi connectivity index (χ0n) is 9.94. The van der Waals surface area contributed by atoms with Crippen LogP contribution in [0, 0.1) is 5.41 Å². The van der Waals surface area contributed by atoms with Crippen molar-refractivity contribution in [2.45, 2.75) is 26.3 Å². The second-order valence-electron chi connectivity index (χ2n) is 4.52. The van der Waals surface area contributed by atoms with E-state index in [9.17, 15) is 0 Å². The minimum atomic E-state index is 0.257. The summed E-state index contributed by atoms with van der Waals surface area (Å²) in [5, 5.41) is 3.23. The van der Waals surface area contributed by atoms with Crippen LogP contribution < -0.4 is 14.8 Å². The third-order valence-electron chi connectivity index (χ3n) is 2.78. The van der Waals surface area contributed by atoms with Crippen molar-refractivity contribution < 1.29 is 9.47 Å². The first-order chi connectivity index (χ1) is 7.55. The van der Waals surface area contributed by atoms with Crippen molar-refractivity contribution in [2.24, 2.45) is 5.41 Å². The molecule has 1 atom stereocenters. The molecule has 1 aliphatic rings. The lowest BCUT2D eigenvalue weighted by atomic mass is 10.2. The van der Waals surface area contributed by atoms with Crippen molar-refractivity contribution in [3.63, 3.8) is 0 Å². The number of methoxy groups -OCH3 is 2. The van der Waals surface area contributed by atoms with Crippen LogP contribution in [0.5, 0.6) is 12.0 Å². The molecule has 0 amide bonds. The summed E-state index contributed by atoms with van der Waals surface area (Å²) in [6, 6.07) is 0.921. The molecule has 1 aromatic heterocycles. The smallest absolute Gasteiger partial charge is 0.324 e. The van der Waals surface area contributed by atoms with Gasteiger partial charge in [0.2, 0.25) is 5.95 Å². The zero-order chi connectivity index (χ0) is 11.8. The Hall–Kier alpha value is -1.59. The molecule has 0 aliphatic heterocycles. The van der Waals surface area contributed by atoms with Crippen LogP contribution in [-0.4, -0.2) is 35.2 Å². The van der Waals surface area contributed by atoms with Crippen molar-refractivity contribution in [3.05, 3.63) is 0 Å². The summed E-state index contributed by atoms with van der Waals surface area (Å²) in [7, 11) is 3.03. The number of anilines is 1. The van der Waals surface area contributed by atoms with Gasteiger partial charge in [0.05, 0.1) is 14.2 Å². The number of hydrogen-bond acceptors (Lipinski definition) is 6. The van der Waals surface area contributed by atoms with Crippen LogP contribution in [0.1, 0.15) is 20.3 Å². The average Bonchev–Trinajstić information content (AvgIpc) is 2.85. The highest BCUT2D eigenvalue weighted by atomic mass is 16.5. The Bertz CT molecular complexity index is 372. The first kappa shape index (κ1) is 10.9. The van der Waals surface area contributed by atoms with Crippen LogP contribution in [0.25, 0.3) is 0 Å². The maximum Gasteiger partial charge on any atom is 0.324 e. The van der Waals surface area contributed by atoms with Crippen LogP contribution in [0.3, 0.4) is 0 Å². The van der Waals surface area contributed by atoms with Gasteiger partial charge in [0.1, 0.15) is 0 Å². The van der Waals surface area contributed by atoms with E-state index in [1.165, 1.54) is 14.2 Å². The summed E-state index contributed by atoms with van der Waals surface area (Å²) >= 11 is 0. The monoisotopic (exact) mass is 224 g/mol. The fourth-order valence-electron chi connectivity index (χ4n) is 1.45. The second kappa shape index (κ2) is 3.77. The van der Waals surface area contributed by atoms with Gasteiger partial charge in [-0.25, -0.2) is 0 Å². The first-order valence-corrected chi connectivity index (χ1v) is 5.16. The molecule has 1 unspecified atom stereocenters. The molecule has 1 N–H and O–H groups in total. The third kappa shape index (κ3) is 2.15. The maximum absolute atomic E-state index is 4.97. The first-order valence-electron chi connectivity index (χ1n) is 5.16. The molecule has 1 aliphatic carbocycles. The van der Waals surface area contributed by atoms with Crippen LogP contribution in [0.15, 0.2) is 0 Å². The minimum Gasteiger partial charge on any atom is -0.467 e. The Morgan fingerprint density at radius 3 is 2.00 bits per heavy atom. The van der Waals surface area contributed by atoms with E-state index in [2.05, 4.69) is 34.1 Å². The fraction of sp³-hybridized carbons (Fsp3) is 0.700. The van der Waals surface area contributed by atoms with Crippen LogP contribution in [0.4, 0.5) is 5.95 Å². The zero-order valence-corrected chi connectivity index (χ0v) is 9.94. The van der Waals surface area contributed by atoms with Crippen molar-refractivity contribution >= 4 is 5.95 Å². The molecule has 6 heteroatoms. The highest BCUT2D eigenvalue weighted by Gasteiger charge is 2.46. The van der Waals surface area contributed by atoms with Crippen molar-refractivity contribution in [2.75, 3.05) is 19.5 Å². The highest BCUT2D eigenvalue weighted by Crippen LogP contribution is 2.46. The molecule has 1 fully saturated rings. The topological polar surface area (TPSA) is 69.2 Å². The van der Waals surface area contributed by atoms with Crippen molar-refractivity contribution in [1.29, 1.82) is 0 Å². The van der Waals surface area contributed by atoms with E-state index in [4.69, 9.17) is 9.47 Å². The van der Waals surface area contributed by atoms with Crippen LogP contribution in [0.2, 0.25) is 0 Å². The molecule has 88 valence electrons. The molecule has 0 aromatic carbocycles. The van der Waals surface area contributed by atoms with E-state index in [-0.39, 0.29) is 12.0 Å². The Kier molecular flexibility index (Phi) is 2.57. The maximum atomic E-state index is 4.97. The van der Waals surface area contributed by atoms with Gasteiger partial charge in [-0.3, -0.25) is 0 Å². The fourth-order valence-corrected chi connectivity index (χ4v) is 1.45. The lowest BCUT2D eigenvalue weighted by Crippen LogP contribution is -2.12. The second-order valence-corrected chi connectivity index (χ2v) is 4.52. The molecule has 1 heterocycles. The molecule has 0 radical (unpaired) electrons. The number of ether oxygens (including phenoxy) is 2. The molecule has 0 bridgehead atoms. The molecule has 6 nitrogen and oxygen atoms in total. The molecular formula is C10H16N4O2. The van der Waals surface area contributed by atoms with Gasteiger partial charge in [0.25, 0.3) is 0 Å². The molecule has 16 heavy (non-hydrogen) atoms. The number of aromatic nitrogens is 3. The predicted molar refractivity (Wildman–Crippen MR) is 58.7 cm³/mol. The van der Waals surface area contributed by atoms with Gasteiger partial charge in [-0.15, -0.1) is 4.98 Å². The Morgan fingerprint density at radius 1 is 1.12 bits per heavy atom. The van der Waals surface area contributed by atoms with Gasteiger partial charge in [0.15, 0.2) is 0 Å². The Labute approximate surface area is 94.4 Å². The highest BCUT2D eigenvalue weighted by molar-refractivity contribution is 5.33. The van der Waals surface area contributed by atoms with E-state index < -0.39 is 0 Å². The Balaban J connectivity index is 2.14. The minimum absolute atomic E-state index is 0.257. The predicted octanol–water partition coefficient (Wildman–Crippen LogP) is 1.10. The molecule has 0 spiro atoms. The lowest BCUT2D eigenvalue weighted by molar-refractivity contribution is 0.341. The normalized spacial score (nSPS) is 21.4. The van der Waals surface area contributed by atoms with Crippen molar-refractivity contribution in [3.8, 4) is 12.0 Å². The van der Waals surface area contributed by atoms with E-state index >= 15 is 0 Å². The summed E-state index contributed by atoms with van der Waals surface area (Å²) < 4.78 is 9.94. The number of hydrogen-bond donors (Lipinski definition) is 1. The molecule has 2 rings (SSSR count).